The summed E-state index contributed by atoms with van der Waals surface area (Å²) in [4.78, 5) is 17.0. The second kappa shape index (κ2) is 8.20. The van der Waals surface area contributed by atoms with Crippen LogP contribution < -0.4 is 10.1 Å². The van der Waals surface area contributed by atoms with E-state index in [9.17, 15) is 4.79 Å². The molecule has 0 bridgehead atoms. The summed E-state index contributed by atoms with van der Waals surface area (Å²) in [6, 6.07) is 16.6. The number of benzene rings is 3. The fourth-order valence-electron chi connectivity index (χ4n) is 3.36. The lowest BCUT2D eigenvalue weighted by Gasteiger charge is -2.11. The van der Waals surface area contributed by atoms with Gasteiger partial charge in [0.05, 0.1) is 0 Å². The zero-order chi connectivity index (χ0) is 21.3. The molecular formula is C24H21ClN2O3. The number of hydrogen-bond acceptors (Lipinski definition) is 4. The van der Waals surface area contributed by atoms with Crippen LogP contribution in [0.2, 0.25) is 5.02 Å². The number of ether oxygens (including phenoxy) is 1. The molecule has 0 saturated carbocycles. The third kappa shape index (κ3) is 4.16. The van der Waals surface area contributed by atoms with Gasteiger partial charge in [-0.25, -0.2) is 4.98 Å². The van der Waals surface area contributed by atoms with Crippen LogP contribution in [0.1, 0.15) is 16.7 Å². The van der Waals surface area contributed by atoms with Gasteiger partial charge < -0.3 is 14.5 Å². The molecule has 0 fully saturated rings. The number of halogens is 1. The van der Waals surface area contributed by atoms with E-state index < -0.39 is 0 Å². The predicted octanol–water partition coefficient (Wildman–Crippen LogP) is 6.09. The van der Waals surface area contributed by atoms with Gasteiger partial charge in [-0.2, -0.15) is 0 Å². The Morgan fingerprint density at radius 3 is 2.63 bits per heavy atom. The molecule has 0 atom stereocenters. The monoisotopic (exact) mass is 420 g/mol. The molecule has 152 valence electrons. The van der Waals surface area contributed by atoms with Crippen LogP contribution in [-0.4, -0.2) is 17.5 Å². The number of carbonyl (C=O) groups is 1. The van der Waals surface area contributed by atoms with Crippen LogP contribution in [0.3, 0.4) is 0 Å². The maximum absolute atomic E-state index is 12.4. The lowest BCUT2D eigenvalue weighted by molar-refractivity contribution is -0.118. The SMILES string of the molecule is Cc1cc(C)c2oc(-c3cccc(NC(=O)COc4ccc(Cl)cc4)c3C)nc2c1. The van der Waals surface area contributed by atoms with Gasteiger partial charge in [-0.1, -0.05) is 23.7 Å². The Balaban J connectivity index is 1.53. The molecule has 4 aromatic rings. The summed E-state index contributed by atoms with van der Waals surface area (Å²) in [5.74, 6) is 0.858. The Bertz CT molecular complexity index is 1230. The molecule has 6 heteroatoms. The van der Waals surface area contributed by atoms with Gasteiger partial charge in [0.2, 0.25) is 5.89 Å². The van der Waals surface area contributed by atoms with Crippen LogP contribution in [0.25, 0.3) is 22.6 Å². The Morgan fingerprint density at radius 1 is 1.10 bits per heavy atom. The number of hydrogen-bond donors (Lipinski definition) is 1. The van der Waals surface area contributed by atoms with Crippen molar-refractivity contribution in [1.29, 1.82) is 0 Å². The van der Waals surface area contributed by atoms with E-state index in [4.69, 9.17) is 20.8 Å². The van der Waals surface area contributed by atoms with Gasteiger partial charge in [0.25, 0.3) is 5.91 Å². The molecule has 1 amide bonds. The molecule has 1 aromatic heterocycles. The fraction of sp³-hybridized carbons (Fsp3) is 0.167. The first-order valence-corrected chi connectivity index (χ1v) is 9.94. The highest BCUT2D eigenvalue weighted by Crippen LogP contribution is 2.32. The first-order chi connectivity index (χ1) is 14.4. The first kappa shape index (κ1) is 20.0. The van der Waals surface area contributed by atoms with Crippen molar-refractivity contribution in [2.24, 2.45) is 0 Å². The van der Waals surface area contributed by atoms with Crippen LogP contribution in [0.4, 0.5) is 5.69 Å². The molecule has 3 aromatic carbocycles. The van der Waals surface area contributed by atoms with Crippen LogP contribution in [0.15, 0.2) is 59.0 Å². The van der Waals surface area contributed by atoms with E-state index in [0.717, 1.165) is 33.4 Å². The van der Waals surface area contributed by atoms with Crippen molar-refractivity contribution in [1.82, 2.24) is 4.98 Å². The van der Waals surface area contributed by atoms with E-state index in [2.05, 4.69) is 16.4 Å². The lowest BCUT2D eigenvalue weighted by Crippen LogP contribution is -2.20. The molecule has 0 radical (unpaired) electrons. The van der Waals surface area contributed by atoms with E-state index in [1.165, 1.54) is 0 Å². The van der Waals surface area contributed by atoms with Crippen molar-refractivity contribution in [3.63, 3.8) is 0 Å². The van der Waals surface area contributed by atoms with E-state index in [-0.39, 0.29) is 12.5 Å². The van der Waals surface area contributed by atoms with Crippen molar-refractivity contribution in [3.05, 3.63) is 76.3 Å². The molecule has 0 aliphatic carbocycles. The molecule has 1 heterocycles. The number of nitrogens with zero attached hydrogens (tertiary/aromatic N) is 1. The molecule has 0 spiro atoms. The van der Waals surface area contributed by atoms with Gasteiger partial charge in [0.1, 0.15) is 11.3 Å². The van der Waals surface area contributed by atoms with Crippen LogP contribution in [0.5, 0.6) is 5.75 Å². The van der Waals surface area contributed by atoms with Crippen molar-refractivity contribution in [3.8, 4) is 17.2 Å². The average molecular weight is 421 g/mol. The Kier molecular flexibility index (Phi) is 5.46. The summed E-state index contributed by atoms with van der Waals surface area (Å²) < 4.78 is 11.5. The van der Waals surface area contributed by atoms with E-state index in [1.54, 1.807) is 24.3 Å². The summed E-state index contributed by atoms with van der Waals surface area (Å²) in [7, 11) is 0. The average Bonchev–Trinajstić information content (AvgIpc) is 3.13. The smallest absolute Gasteiger partial charge is 0.262 e. The number of nitrogens with one attached hydrogen (secondary N) is 1. The van der Waals surface area contributed by atoms with Crippen molar-refractivity contribution in [2.75, 3.05) is 11.9 Å². The third-order valence-electron chi connectivity index (χ3n) is 4.84. The summed E-state index contributed by atoms with van der Waals surface area (Å²) in [6.45, 7) is 5.87. The first-order valence-electron chi connectivity index (χ1n) is 9.57. The van der Waals surface area contributed by atoms with Gasteiger partial charge in [-0.15, -0.1) is 0 Å². The summed E-state index contributed by atoms with van der Waals surface area (Å²) in [5, 5.41) is 3.51. The molecule has 0 unspecified atom stereocenters. The molecule has 5 nitrogen and oxygen atoms in total. The zero-order valence-electron chi connectivity index (χ0n) is 17.0. The maximum atomic E-state index is 12.4. The number of oxazole rings is 1. The highest BCUT2D eigenvalue weighted by molar-refractivity contribution is 6.30. The number of anilines is 1. The minimum atomic E-state index is -0.255. The lowest BCUT2D eigenvalue weighted by atomic mass is 10.1. The van der Waals surface area contributed by atoms with Crippen molar-refractivity contribution >= 4 is 34.3 Å². The molecule has 0 saturated heterocycles. The molecule has 1 N–H and O–H groups in total. The normalized spacial score (nSPS) is 10.9. The summed E-state index contributed by atoms with van der Waals surface area (Å²) in [6.07, 6.45) is 0. The molecule has 0 aliphatic rings. The number of rotatable bonds is 5. The van der Waals surface area contributed by atoms with E-state index in [1.807, 2.05) is 45.0 Å². The quantitative estimate of drug-likeness (QED) is 0.424. The second-order valence-corrected chi connectivity index (χ2v) is 7.65. The van der Waals surface area contributed by atoms with Gasteiger partial charge >= 0.3 is 0 Å². The standard InChI is InChI=1S/C24H21ClN2O3/c1-14-11-15(2)23-21(12-14)27-24(30-23)19-5-4-6-20(16(19)3)26-22(28)13-29-18-9-7-17(25)8-10-18/h4-12H,13H2,1-3H3,(H,26,28). The molecule has 0 aliphatic heterocycles. The number of carbonyl (C=O) groups excluding carboxylic acids is 1. The highest BCUT2D eigenvalue weighted by atomic mass is 35.5. The largest absolute Gasteiger partial charge is 0.484 e. The van der Waals surface area contributed by atoms with Gasteiger partial charge in [0.15, 0.2) is 12.2 Å². The summed E-state index contributed by atoms with van der Waals surface area (Å²) >= 11 is 5.86. The van der Waals surface area contributed by atoms with Crippen molar-refractivity contribution in [2.45, 2.75) is 20.8 Å². The van der Waals surface area contributed by atoms with Crippen LogP contribution in [0, 0.1) is 20.8 Å². The molecule has 4 rings (SSSR count). The number of aromatic nitrogens is 1. The topological polar surface area (TPSA) is 64.4 Å². The van der Waals surface area contributed by atoms with Gasteiger partial charge in [-0.05, 0) is 79.9 Å². The Hall–Kier alpha value is -3.31. The van der Waals surface area contributed by atoms with Crippen LogP contribution in [-0.2, 0) is 4.79 Å². The van der Waals surface area contributed by atoms with Crippen molar-refractivity contribution < 1.29 is 13.9 Å². The number of aryl methyl sites for hydroxylation is 2. The van der Waals surface area contributed by atoms with Crippen LogP contribution >= 0.6 is 11.6 Å². The number of fused-ring (bicyclic) bond motifs is 1. The second-order valence-electron chi connectivity index (χ2n) is 7.22. The fourth-order valence-corrected chi connectivity index (χ4v) is 3.49. The van der Waals surface area contributed by atoms with E-state index >= 15 is 0 Å². The Labute approximate surface area is 179 Å². The molecular weight excluding hydrogens is 400 g/mol. The van der Waals surface area contributed by atoms with E-state index in [0.29, 0.717) is 22.4 Å². The summed E-state index contributed by atoms with van der Waals surface area (Å²) in [5.41, 5.74) is 6.18. The predicted molar refractivity (Wildman–Crippen MR) is 119 cm³/mol. The third-order valence-corrected chi connectivity index (χ3v) is 5.09. The zero-order valence-corrected chi connectivity index (χ0v) is 17.7. The highest BCUT2D eigenvalue weighted by Gasteiger charge is 2.15. The Morgan fingerprint density at radius 2 is 1.87 bits per heavy atom. The van der Waals surface area contributed by atoms with Gasteiger partial charge in [0, 0.05) is 16.3 Å². The minimum Gasteiger partial charge on any atom is -0.484 e. The molecule has 30 heavy (non-hydrogen) atoms. The number of amides is 1. The minimum absolute atomic E-state index is 0.105. The van der Waals surface area contributed by atoms with Gasteiger partial charge in [-0.3, -0.25) is 4.79 Å². The maximum Gasteiger partial charge on any atom is 0.262 e.